The first-order chi connectivity index (χ1) is 9.97. The van der Waals surface area contributed by atoms with Crippen LogP contribution in [0.15, 0.2) is 0 Å². The van der Waals surface area contributed by atoms with Gasteiger partial charge in [-0.05, 0) is 25.3 Å². The monoisotopic (exact) mass is 299 g/mol. The Morgan fingerprint density at radius 2 is 1.43 bits per heavy atom. The molecular formula is C19H41NO. The number of likely N-dealkylation sites (N-methyl/N-ethyl adjacent to an activating group) is 1. The van der Waals surface area contributed by atoms with Gasteiger partial charge in [0, 0.05) is 12.6 Å². The molecule has 0 aromatic heterocycles. The molecule has 0 aliphatic carbocycles. The first kappa shape index (κ1) is 20.9. The highest BCUT2D eigenvalue weighted by atomic mass is 16.5. The van der Waals surface area contributed by atoms with E-state index in [1.807, 2.05) is 0 Å². The minimum absolute atomic E-state index is 0.198. The lowest BCUT2D eigenvalue weighted by Gasteiger charge is -2.37. The zero-order valence-corrected chi connectivity index (χ0v) is 15.6. The average Bonchev–Trinajstić information content (AvgIpc) is 2.41. The van der Waals surface area contributed by atoms with Crippen molar-refractivity contribution in [2.75, 3.05) is 13.2 Å². The fourth-order valence-corrected chi connectivity index (χ4v) is 3.09. The summed E-state index contributed by atoms with van der Waals surface area (Å²) in [5.41, 5.74) is 0.198. The maximum atomic E-state index is 6.07. The van der Waals surface area contributed by atoms with Crippen LogP contribution in [-0.4, -0.2) is 25.3 Å². The minimum atomic E-state index is 0.198. The molecule has 0 radical (unpaired) electrons. The predicted octanol–water partition coefficient (Wildman–Crippen LogP) is 5.56. The Bertz CT molecular complexity index is 222. The van der Waals surface area contributed by atoms with Crippen LogP contribution in [0.1, 0.15) is 92.9 Å². The van der Waals surface area contributed by atoms with E-state index in [2.05, 4.69) is 46.9 Å². The van der Waals surface area contributed by atoms with E-state index >= 15 is 0 Å². The van der Waals surface area contributed by atoms with Gasteiger partial charge >= 0.3 is 0 Å². The van der Waals surface area contributed by atoms with Gasteiger partial charge in [-0.3, -0.25) is 0 Å². The number of nitrogens with one attached hydrogen (secondary N) is 1. The van der Waals surface area contributed by atoms with Crippen molar-refractivity contribution in [3.63, 3.8) is 0 Å². The second kappa shape index (κ2) is 12.5. The van der Waals surface area contributed by atoms with E-state index in [0.717, 1.165) is 13.2 Å². The highest BCUT2D eigenvalue weighted by Gasteiger charge is 2.32. The molecule has 2 atom stereocenters. The van der Waals surface area contributed by atoms with Gasteiger partial charge in [0.15, 0.2) is 0 Å². The summed E-state index contributed by atoms with van der Waals surface area (Å²) in [6, 6.07) is 0.491. The van der Waals surface area contributed by atoms with Crippen LogP contribution in [0.2, 0.25) is 0 Å². The van der Waals surface area contributed by atoms with Crippen LogP contribution in [0.25, 0.3) is 0 Å². The molecule has 21 heavy (non-hydrogen) atoms. The number of hydrogen-bond donors (Lipinski definition) is 1. The van der Waals surface area contributed by atoms with Crippen LogP contribution in [-0.2, 0) is 4.74 Å². The Balaban J connectivity index is 4.14. The summed E-state index contributed by atoms with van der Waals surface area (Å²) in [7, 11) is 0. The third-order valence-corrected chi connectivity index (χ3v) is 4.15. The molecule has 0 aliphatic heterocycles. The van der Waals surface area contributed by atoms with E-state index in [1.165, 1.54) is 51.4 Å². The normalized spacial score (nSPS) is 15.1. The number of ether oxygens (including phenoxy) is 1. The molecule has 0 saturated heterocycles. The first-order valence-electron chi connectivity index (χ1n) is 9.32. The van der Waals surface area contributed by atoms with Gasteiger partial charge in [0.25, 0.3) is 0 Å². The predicted molar refractivity (Wildman–Crippen MR) is 94.9 cm³/mol. The smallest absolute Gasteiger partial charge is 0.0775 e. The van der Waals surface area contributed by atoms with Gasteiger partial charge in [0.2, 0.25) is 0 Å². The van der Waals surface area contributed by atoms with Crippen molar-refractivity contribution in [1.29, 1.82) is 0 Å². The molecule has 0 aliphatic rings. The Labute approximate surface area is 134 Å². The average molecular weight is 300 g/mol. The van der Waals surface area contributed by atoms with Crippen molar-refractivity contribution in [2.45, 2.75) is 105 Å². The molecule has 1 N–H and O–H groups in total. The molecule has 0 rings (SSSR count). The van der Waals surface area contributed by atoms with Crippen molar-refractivity contribution >= 4 is 0 Å². The highest BCUT2D eigenvalue weighted by Crippen LogP contribution is 2.27. The molecule has 0 aromatic rings. The second-order valence-electron chi connectivity index (χ2n) is 7.32. The summed E-state index contributed by atoms with van der Waals surface area (Å²) in [6.45, 7) is 15.3. The zero-order chi connectivity index (χ0) is 16.1. The molecule has 2 heteroatoms. The van der Waals surface area contributed by atoms with Crippen LogP contribution in [0.3, 0.4) is 0 Å². The number of hydrogen-bond acceptors (Lipinski definition) is 2. The molecule has 2 unspecified atom stereocenters. The van der Waals surface area contributed by atoms with Crippen molar-refractivity contribution in [3.8, 4) is 0 Å². The van der Waals surface area contributed by atoms with E-state index in [9.17, 15) is 0 Å². The van der Waals surface area contributed by atoms with E-state index in [4.69, 9.17) is 4.74 Å². The summed E-state index contributed by atoms with van der Waals surface area (Å²) in [5.74, 6) is 0. The Kier molecular flexibility index (Phi) is 12.4. The molecule has 0 heterocycles. The largest absolute Gasteiger partial charge is 0.376 e. The van der Waals surface area contributed by atoms with Crippen LogP contribution in [0, 0.1) is 5.41 Å². The van der Waals surface area contributed by atoms with Gasteiger partial charge in [0.1, 0.15) is 0 Å². The maximum absolute atomic E-state index is 6.07. The van der Waals surface area contributed by atoms with Crippen molar-refractivity contribution in [1.82, 2.24) is 5.32 Å². The molecule has 0 bridgehead atoms. The lowest BCUT2D eigenvalue weighted by atomic mass is 9.82. The fourth-order valence-electron chi connectivity index (χ4n) is 3.09. The van der Waals surface area contributed by atoms with E-state index in [-0.39, 0.29) is 5.41 Å². The summed E-state index contributed by atoms with van der Waals surface area (Å²) >= 11 is 0. The summed E-state index contributed by atoms with van der Waals surface area (Å²) in [5, 5.41) is 3.66. The van der Waals surface area contributed by atoms with Gasteiger partial charge in [-0.15, -0.1) is 0 Å². The quantitative estimate of drug-likeness (QED) is 0.450. The molecule has 0 saturated carbocycles. The second-order valence-corrected chi connectivity index (χ2v) is 7.32. The zero-order valence-electron chi connectivity index (χ0n) is 15.6. The SMILES string of the molecule is CCCCCCCCCC(NCC)C(OCC)C(C)(C)C. The molecule has 0 amide bonds. The topological polar surface area (TPSA) is 21.3 Å². The van der Waals surface area contributed by atoms with E-state index in [0.29, 0.717) is 12.1 Å². The Hall–Kier alpha value is -0.0800. The Morgan fingerprint density at radius 1 is 0.857 bits per heavy atom. The van der Waals surface area contributed by atoms with Crippen LogP contribution < -0.4 is 5.32 Å². The summed E-state index contributed by atoms with van der Waals surface area (Å²) < 4.78 is 6.07. The van der Waals surface area contributed by atoms with E-state index < -0.39 is 0 Å². The molecule has 2 nitrogen and oxygen atoms in total. The molecular weight excluding hydrogens is 258 g/mol. The van der Waals surface area contributed by atoms with E-state index in [1.54, 1.807) is 0 Å². The van der Waals surface area contributed by atoms with Crippen molar-refractivity contribution in [2.24, 2.45) is 5.41 Å². The third-order valence-electron chi connectivity index (χ3n) is 4.15. The van der Waals surface area contributed by atoms with Gasteiger partial charge in [-0.1, -0.05) is 79.6 Å². The maximum Gasteiger partial charge on any atom is 0.0775 e. The molecule has 0 fully saturated rings. The number of unbranched alkanes of at least 4 members (excludes halogenated alkanes) is 6. The van der Waals surface area contributed by atoms with Gasteiger partial charge in [-0.2, -0.15) is 0 Å². The van der Waals surface area contributed by atoms with Crippen molar-refractivity contribution in [3.05, 3.63) is 0 Å². The summed E-state index contributed by atoms with van der Waals surface area (Å²) in [4.78, 5) is 0. The van der Waals surface area contributed by atoms with Gasteiger partial charge in [-0.25, -0.2) is 0 Å². The standard InChI is InChI=1S/C19H41NO/c1-7-10-11-12-13-14-15-16-17(20-8-2)18(21-9-3)19(4,5)6/h17-18,20H,7-16H2,1-6H3. The highest BCUT2D eigenvalue weighted by molar-refractivity contribution is 4.86. The van der Waals surface area contributed by atoms with Crippen LogP contribution >= 0.6 is 0 Å². The Morgan fingerprint density at radius 3 is 1.90 bits per heavy atom. The molecule has 0 aromatic carbocycles. The molecule has 128 valence electrons. The van der Waals surface area contributed by atoms with Crippen LogP contribution in [0.4, 0.5) is 0 Å². The fraction of sp³-hybridized carbons (Fsp3) is 1.00. The third kappa shape index (κ3) is 10.3. The minimum Gasteiger partial charge on any atom is -0.376 e. The molecule has 0 spiro atoms. The summed E-state index contributed by atoms with van der Waals surface area (Å²) in [6.07, 6.45) is 11.2. The van der Waals surface area contributed by atoms with Crippen molar-refractivity contribution < 1.29 is 4.74 Å². The lowest BCUT2D eigenvalue weighted by Crippen LogP contribution is -2.48. The van der Waals surface area contributed by atoms with Crippen LogP contribution in [0.5, 0.6) is 0 Å². The van der Waals surface area contributed by atoms with Gasteiger partial charge < -0.3 is 10.1 Å². The van der Waals surface area contributed by atoms with Gasteiger partial charge in [0.05, 0.1) is 6.10 Å². The lowest BCUT2D eigenvalue weighted by molar-refractivity contribution is -0.0375. The number of rotatable bonds is 13. The first-order valence-corrected chi connectivity index (χ1v) is 9.32.